The van der Waals surface area contributed by atoms with Crippen LogP contribution < -0.4 is 11.1 Å². The Balaban J connectivity index is 0.00000264. The van der Waals surface area contributed by atoms with Crippen LogP contribution in [0.5, 0.6) is 0 Å². The standard InChI is InChI=1S/C19H30N2O.ClH/c1-14-9-7-8-12-16(14)19(2,3)18(22)21-17(13-20)15-10-5-4-6-11-15;/h7-9,12,15,17H,4-6,10-11,13,20H2,1-3H3,(H,21,22);1H. The van der Waals surface area contributed by atoms with Gasteiger partial charge in [-0.05, 0) is 50.7 Å². The van der Waals surface area contributed by atoms with E-state index in [0.29, 0.717) is 12.5 Å². The summed E-state index contributed by atoms with van der Waals surface area (Å²) in [7, 11) is 0. The number of halogens is 1. The molecular weight excluding hydrogens is 308 g/mol. The van der Waals surface area contributed by atoms with Crippen LogP contribution in [0.2, 0.25) is 0 Å². The number of carbonyl (C=O) groups excluding carboxylic acids is 1. The van der Waals surface area contributed by atoms with Gasteiger partial charge in [-0.3, -0.25) is 4.79 Å². The highest BCUT2D eigenvalue weighted by molar-refractivity contribution is 5.88. The maximum absolute atomic E-state index is 12.9. The Morgan fingerprint density at radius 1 is 1.26 bits per heavy atom. The van der Waals surface area contributed by atoms with Gasteiger partial charge < -0.3 is 11.1 Å². The Labute approximate surface area is 146 Å². The first-order chi connectivity index (χ1) is 10.5. The van der Waals surface area contributed by atoms with Gasteiger partial charge in [-0.15, -0.1) is 12.4 Å². The fourth-order valence-corrected chi connectivity index (χ4v) is 3.65. The van der Waals surface area contributed by atoms with E-state index in [0.717, 1.165) is 11.1 Å². The lowest BCUT2D eigenvalue weighted by atomic mass is 9.79. The Morgan fingerprint density at radius 2 is 1.87 bits per heavy atom. The molecule has 2 rings (SSSR count). The smallest absolute Gasteiger partial charge is 0.230 e. The second-order valence-electron chi connectivity index (χ2n) is 7.15. The number of aryl methyl sites for hydroxylation is 1. The average molecular weight is 339 g/mol. The molecule has 23 heavy (non-hydrogen) atoms. The molecule has 0 spiro atoms. The molecule has 0 aliphatic heterocycles. The predicted molar refractivity (Wildman–Crippen MR) is 99.0 cm³/mol. The van der Waals surface area contributed by atoms with Crippen molar-refractivity contribution in [3.63, 3.8) is 0 Å². The van der Waals surface area contributed by atoms with E-state index in [1.54, 1.807) is 0 Å². The third-order valence-corrected chi connectivity index (χ3v) is 5.18. The van der Waals surface area contributed by atoms with Crippen molar-refractivity contribution in [2.45, 2.75) is 64.3 Å². The molecule has 0 heterocycles. The molecule has 1 aromatic carbocycles. The number of hydrogen-bond acceptors (Lipinski definition) is 2. The summed E-state index contributed by atoms with van der Waals surface area (Å²) >= 11 is 0. The van der Waals surface area contributed by atoms with E-state index < -0.39 is 5.41 Å². The Kier molecular flexibility index (Phi) is 7.56. The van der Waals surface area contributed by atoms with Crippen molar-refractivity contribution in [2.75, 3.05) is 6.54 Å². The number of amides is 1. The van der Waals surface area contributed by atoms with Crippen molar-refractivity contribution in [1.29, 1.82) is 0 Å². The van der Waals surface area contributed by atoms with Crippen LogP contribution in [-0.4, -0.2) is 18.5 Å². The van der Waals surface area contributed by atoms with Gasteiger partial charge in [0, 0.05) is 12.6 Å². The average Bonchev–Trinajstić information content (AvgIpc) is 2.53. The first-order valence-corrected chi connectivity index (χ1v) is 8.54. The zero-order valence-electron chi connectivity index (χ0n) is 14.6. The molecule has 4 heteroatoms. The molecule has 3 N–H and O–H groups in total. The number of rotatable bonds is 5. The van der Waals surface area contributed by atoms with Gasteiger partial charge in [-0.2, -0.15) is 0 Å². The van der Waals surface area contributed by atoms with Crippen LogP contribution in [0.4, 0.5) is 0 Å². The molecule has 1 unspecified atom stereocenters. The number of nitrogens with two attached hydrogens (primary N) is 1. The number of carbonyl (C=O) groups is 1. The fourth-order valence-electron chi connectivity index (χ4n) is 3.65. The molecule has 1 saturated carbocycles. The Hall–Kier alpha value is -1.06. The fraction of sp³-hybridized carbons (Fsp3) is 0.632. The second-order valence-corrected chi connectivity index (χ2v) is 7.15. The van der Waals surface area contributed by atoms with Crippen LogP contribution >= 0.6 is 12.4 Å². The molecule has 1 aliphatic rings. The molecule has 1 atom stereocenters. The SMILES string of the molecule is Cc1ccccc1C(C)(C)C(=O)NC(CN)C1CCCCC1.Cl. The number of benzene rings is 1. The topological polar surface area (TPSA) is 55.1 Å². The summed E-state index contributed by atoms with van der Waals surface area (Å²) in [5, 5.41) is 3.24. The normalized spacial score (nSPS) is 17.2. The minimum Gasteiger partial charge on any atom is -0.351 e. The van der Waals surface area contributed by atoms with Crippen LogP contribution in [-0.2, 0) is 10.2 Å². The van der Waals surface area contributed by atoms with E-state index >= 15 is 0 Å². The zero-order chi connectivity index (χ0) is 16.2. The van der Waals surface area contributed by atoms with Crippen molar-refractivity contribution < 1.29 is 4.79 Å². The molecule has 0 saturated heterocycles. The molecule has 130 valence electrons. The van der Waals surface area contributed by atoms with Crippen molar-refractivity contribution in [2.24, 2.45) is 11.7 Å². The summed E-state index contributed by atoms with van der Waals surface area (Å²) in [6.07, 6.45) is 6.22. The van der Waals surface area contributed by atoms with Gasteiger partial charge in [-0.1, -0.05) is 43.5 Å². The van der Waals surface area contributed by atoms with Gasteiger partial charge in [0.25, 0.3) is 0 Å². The van der Waals surface area contributed by atoms with Gasteiger partial charge in [0.15, 0.2) is 0 Å². The Morgan fingerprint density at radius 3 is 2.43 bits per heavy atom. The van der Waals surface area contributed by atoms with E-state index in [1.807, 2.05) is 32.0 Å². The van der Waals surface area contributed by atoms with Crippen molar-refractivity contribution >= 4 is 18.3 Å². The maximum atomic E-state index is 12.9. The molecule has 0 bridgehead atoms. The summed E-state index contributed by atoms with van der Waals surface area (Å²) < 4.78 is 0. The van der Waals surface area contributed by atoms with E-state index in [9.17, 15) is 4.79 Å². The molecule has 0 radical (unpaired) electrons. The zero-order valence-corrected chi connectivity index (χ0v) is 15.4. The molecular formula is C19H31ClN2O. The molecule has 1 fully saturated rings. The third kappa shape index (κ3) is 4.71. The first-order valence-electron chi connectivity index (χ1n) is 8.54. The van der Waals surface area contributed by atoms with E-state index in [4.69, 9.17) is 5.73 Å². The molecule has 3 nitrogen and oxygen atoms in total. The molecule has 1 aliphatic carbocycles. The van der Waals surface area contributed by atoms with Crippen molar-refractivity contribution in [3.05, 3.63) is 35.4 Å². The quantitative estimate of drug-likeness (QED) is 0.859. The molecule has 1 aromatic rings. The molecule has 0 aromatic heterocycles. The first kappa shape index (κ1) is 20.0. The lowest BCUT2D eigenvalue weighted by molar-refractivity contribution is -0.126. The number of hydrogen-bond donors (Lipinski definition) is 2. The summed E-state index contributed by atoms with van der Waals surface area (Å²) in [6.45, 7) is 6.59. The van der Waals surface area contributed by atoms with E-state index in [-0.39, 0.29) is 24.4 Å². The van der Waals surface area contributed by atoms with Gasteiger partial charge in [0.05, 0.1) is 5.41 Å². The summed E-state index contributed by atoms with van der Waals surface area (Å²) in [4.78, 5) is 12.9. The summed E-state index contributed by atoms with van der Waals surface area (Å²) in [5.41, 5.74) is 7.66. The lowest BCUT2D eigenvalue weighted by Gasteiger charge is -2.34. The second kappa shape index (κ2) is 8.70. The van der Waals surface area contributed by atoms with Gasteiger partial charge in [0.2, 0.25) is 5.91 Å². The minimum absolute atomic E-state index is 0. The summed E-state index contributed by atoms with van der Waals surface area (Å²) in [6, 6.07) is 8.23. The minimum atomic E-state index is -0.534. The number of nitrogens with one attached hydrogen (secondary N) is 1. The van der Waals surface area contributed by atoms with Gasteiger partial charge in [0.1, 0.15) is 0 Å². The van der Waals surface area contributed by atoms with Crippen LogP contribution in [0.25, 0.3) is 0 Å². The molecule has 1 amide bonds. The predicted octanol–water partition coefficient (Wildman–Crippen LogP) is 3.72. The van der Waals surface area contributed by atoms with Gasteiger partial charge in [-0.25, -0.2) is 0 Å². The van der Waals surface area contributed by atoms with Gasteiger partial charge >= 0.3 is 0 Å². The third-order valence-electron chi connectivity index (χ3n) is 5.18. The Bertz CT molecular complexity index is 510. The lowest BCUT2D eigenvalue weighted by Crippen LogP contribution is -2.51. The van der Waals surface area contributed by atoms with Crippen LogP contribution in [0, 0.1) is 12.8 Å². The highest BCUT2D eigenvalue weighted by atomic mass is 35.5. The largest absolute Gasteiger partial charge is 0.351 e. The van der Waals surface area contributed by atoms with E-state index in [1.165, 1.54) is 32.1 Å². The van der Waals surface area contributed by atoms with Crippen molar-refractivity contribution in [3.8, 4) is 0 Å². The maximum Gasteiger partial charge on any atom is 0.230 e. The monoisotopic (exact) mass is 338 g/mol. The van der Waals surface area contributed by atoms with Crippen LogP contribution in [0.15, 0.2) is 24.3 Å². The van der Waals surface area contributed by atoms with Crippen LogP contribution in [0.3, 0.4) is 0 Å². The van der Waals surface area contributed by atoms with E-state index in [2.05, 4.69) is 18.3 Å². The highest BCUT2D eigenvalue weighted by Crippen LogP contribution is 2.29. The summed E-state index contributed by atoms with van der Waals surface area (Å²) in [5.74, 6) is 0.623. The van der Waals surface area contributed by atoms with Crippen molar-refractivity contribution in [1.82, 2.24) is 5.32 Å². The highest BCUT2D eigenvalue weighted by Gasteiger charge is 2.34. The van der Waals surface area contributed by atoms with Crippen LogP contribution in [0.1, 0.15) is 57.1 Å².